The molecule has 3 rings (SSSR count). The fourth-order valence-electron chi connectivity index (χ4n) is 2.34. The number of ether oxygens (including phenoxy) is 1. The molecule has 0 unspecified atom stereocenters. The van der Waals surface area contributed by atoms with Crippen LogP contribution in [0.5, 0.6) is 0 Å². The van der Waals surface area contributed by atoms with Crippen molar-refractivity contribution in [3.8, 4) is 5.69 Å². The van der Waals surface area contributed by atoms with Crippen LogP contribution in [0.4, 0.5) is 0 Å². The zero-order valence-corrected chi connectivity index (χ0v) is 14.1. The maximum atomic E-state index is 12.1. The van der Waals surface area contributed by atoms with E-state index in [1.807, 2.05) is 41.2 Å². The van der Waals surface area contributed by atoms with E-state index in [1.165, 1.54) is 13.3 Å². The van der Waals surface area contributed by atoms with Gasteiger partial charge in [0.05, 0.1) is 18.9 Å². The fraction of sp³-hybridized carbons (Fsp3) is 0.0500. The lowest BCUT2D eigenvalue weighted by Gasteiger charge is -2.04. The lowest BCUT2D eigenvalue weighted by molar-refractivity contribution is 0.0600. The van der Waals surface area contributed by atoms with Crippen LogP contribution in [0.15, 0.2) is 78.2 Å². The molecule has 26 heavy (non-hydrogen) atoms. The molecule has 0 fully saturated rings. The Balaban J connectivity index is 1.59. The average molecular weight is 347 g/mol. The number of esters is 1. The number of methoxy groups -OCH3 is 1. The van der Waals surface area contributed by atoms with Crippen molar-refractivity contribution in [2.24, 2.45) is 5.10 Å². The molecule has 1 N–H and O–H groups in total. The van der Waals surface area contributed by atoms with Gasteiger partial charge in [-0.15, -0.1) is 0 Å². The molecule has 1 aromatic heterocycles. The predicted octanol–water partition coefficient (Wildman–Crippen LogP) is 3.03. The minimum Gasteiger partial charge on any atom is -0.465 e. The Morgan fingerprint density at radius 3 is 2.19 bits per heavy atom. The molecule has 0 saturated carbocycles. The maximum Gasteiger partial charge on any atom is 0.337 e. The normalized spacial score (nSPS) is 10.7. The van der Waals surface area contributed by atoms with Crippen LogP contribution in [0, 0.1) is 0 Å². The van der Waals surface area contributed by atoms with Crippen LogP contribution in [-0.4, -0.2) is 29.8 Å². The zero-order chi connectivity index (χ0) is 18.4. The third-order valence-corrected chi connectivity index (χ3v) is 3.74. The van der Waals surface area contributed by atoms with Gasteiger partial charge in [-0.05, 0) is 54.1 Å². The molecule has 0 aliphatic rings. The van der Waals surface area contributed by atoms with Gasteiger partial charge in [0.2, 0.25) is 0 Å². The summed E-state index contributed by atoms with van der Waals surface area (Å²) in [5.41, 5.74) is 5.17. The Kier molecular flexibility index (Phi) is 5.24. The van der Waals surface area contributed by atoms with E-state index in [4.69, 9.17) is 0 Å². The number of rotatable bonds is 5. The molecule has 0 saturated heterocycles. The van der Waals surface area contributed by atoms with Crippen molar-refractivity contribution < 1.29 is 14.3 Å². The summed E-state index contributed by atoms with van der Waals surface area (Å²) in [7, 11) is 1.33. The molecule has 0 atom stereocenters. The molecule has 2 aromatic carbocycles. The summed E-state index contributed by atoms with van der Waals surface area (Å²) in [6.45, 7) is 0. The number of nitrogens with zero attached hydrogens (tertiary/aromatic N) is 2. The zero-order valence-electron chi connectivity index (χ0n) is 14.1. The number of nitrogens with one attached hydrogen (secondary N) is 1. The van der Waals surface area contributed by atoms with Crippen LogP contribution in [0.1, 0.15) is 26.3 Å². The molecule has 130 valence electrons. The monoisotopic (exact) mass is 347 g/mol. The van der Waals surface area contributed by atoms with E-state index in [1.54, 1.807) is 36.4 Å². The van der Waals surface area contributed by atoms with Crippen molar-refractivity contribution in [2.45, 2.75) is 0 Å². The molecule has 0 aliphatic heterocycles. The van der Waals surface area contributed by atoms with Crippen LogP contribution < -0.4 is 5.43 Å². The summed E-state index contributed by atoms with van der Waals surface area (Å²) in [4.78, 5) is 23.5. The topological polar surface area (TPSA) is 72.7 Å². The van der Waals surface area contributed by atoms with E-state index in [2.05, 4.69) is 15.3 Å². The standard InChI is InChI=1S/C20H17N3O3/c1-26-20(25)17-6-4-15(5-7-17)14-21-22-19(24)16-8-10-18(11-9-16)23-12-2-3-13-23/h2-14H,1H3,(H,22,24)/b21-14+. The average Bonchev–Trinajstić information content (AvgIpc) is 3.23. The van der Waals surface area contributed by atoms with Crippen LogP contribution in [0.3, 0.4) is 0 Å². The summed E-state index contributed by atoms with van der Waals surface area (Å²) in [6, 6.07) is 17.8. The van der Waals surface area contributed by atoms with Gasteiger partial charge in [0.15, 0.2) is 0 Å². The fourth-order valence-corrected chi connectivity index (χ4v) is 2.34. The largest absolute Gasteiger partial charge is 0.465 e. The van der Waals surface area contributed by atoms with E-state index < -0.39 is 5.97 Å². The lowest BCUT2D eigenvalue weighted by Crippen LogP contribution is -2.17. The van der Waals surface area contributed by atoms with Crippen molar-refractivity contribution in [1.29, 1.82) is 0 Å². The summed E-state index contributed by atoms with van der Waals surface area (Å²) in [5, 5.41) is 3.94. The number of amides is 1. The van der Waals surface area contributed by atoms with Gasteiger partial charge >= 0.3 is 5.97 Å². The minimum absolute atomic E-state index is 0.300. The smallest absolute Gasteiger partial charge is 0.337 e. The first-order valence-corrected chi connectivity index (χ1v) is 7.92. The summed E-state index contributed by atoms with van der Waals surface area (Å²) in [5.74, 6) is -0.698. The molecule has 1 amide bonds. The van der Waals surface area contributed by atoms with E-state index in [0.717, 1.165) is 11.3 Å². The molecule has 6 heteroatoms. The van der Waals surface area contributed by atoms with E-state index >= 15 is 0 Å². The summed E-state index contributed by atoms with van der Waals surface area (Å²) < 4.78 is 6.59. The number of carbonyl (C=O) groups is 2. The third kappa shape index (κ3) is 4.05. The second kappa shape index (κ2) is 7.94. The first-order chi connectivity index (χ1) is 12.7. The molecule has 0 bridgehead atoms. The first kappa shape index (κ1) is 17.2. The van der Waals surface area contributed by atoms with Crippen molar-refractivity contribution in [3.05, 3.63) is 89.7 Å². The maximum absolute atomic E-state index is 12.1. The van der Waals surface area contributed by atoms with Crippen LogP contribution >= 0.6 is 0 Å². The highest BCUT2D eigenvalue weighted by Crippen LogP contribution is 2.10. The molecule has 3 aromatic rings. The minimum atomic E-state index is -0.398. The number of carbonyl (C=O) groups excluding carboxylic acids is 2. The third-order valence-electron chi connectivity index (χ3n) is 3.74. The molecule has 0 radical (unpaired) electrons. The molecule has 0 aliphatic carbocycles. The second-order valence-corrected chi connectivity index (χ2v) is 5.45. The number of hydrogen-bond donors (Lipinski definition) is 1. The van der Waals surface area contributed by atoms with Crippen LogP contribution in [0.2, 0.25) is 0 Å². The quantitative estimate of drug-likeness (QED) is 0.438. The SMILES string of the molecule is COC(=O)c1ccc(/C=N/NC(=O)c2ccc(-n3cccc3)cc2)cc1. The Morgan fingerprint density at radius 1 is 0.962 bits per heavy atom. The highest BCUT2D eigenvalue weighted by molar-refractivity contribution is 5.95. The van der Waals surface area contributed by atoms with E-state index in [9.17, 15) is 9.59 Å². The summed E-state index contributed by atoms with van der Waals surface area (Å²) in [6.07, 6.45) is 5.38. The Bertz CT molecular complexity index is 912. The van der Waals surface area contributed by atoms with Crippen molar-refractivity contribution in [3.63, 3.8) is 0 Å². The summed E-state index contributed by atoms with van der Waals surface area (Å²) >= 11 is 0. The van der Waals surface area contributed by atoms with Crippen LogP contribution in [0.25, 0.3) is 5.69 Å². The molecule has 6 nitrogen and oxygen atoms in total. The molecule has 1 heterocycles. The van der Waals surface area contributed by atoms with Gasteiger partial charge in [0, 0.05) is 23.6 Å². The van der Waals surface area contributed by atoms with Gasteiger partial charge in [0.25, 0.3) is 5.91 Å². The number of hydrogen-bond acceptors (Lipinski definition) is 4. The highest BCUT2D eigenvalue weighted by Gasteiger charge is 2.05. The Labute approximate surface area is 150 Å². The number of aromatic nitrogens is 1. The first-order valence-electron chi connectivity index (χ1n) is 7.92. The van der Waals surface area contributed by atoms with Gasteiger partial charge in [-0.2, -0.15) is 5.10 Å². The molecular formula is C20H17N3O3. The van der Waals surface area contributed by atoms with Gasteiger partial charge in [-0.25, -0.2) is 10.2 Å². The Hall–Kier alpha value is -3.67. The van der Waals surface area contributed by atoms with Gasteiger partial charge in [0.1, 0.15) is 0 Å². The number of hydrazone groups is 1. The molecule has 0 spiro atoms. The van der Waals surface area contributed by atoms with Crippen molar-refractivity contribution >= 4 is 18.1 Å². The highest BCUT2D eigenvalue weighted by atomic mass is 16.5. The van der Waals surface area contributed by atoms with E-state index in [0.29, 0.717) is 11.1 Å². The predicted molar refractivity (Wildman–Crippen MR) is 98.6 cm³/mol. The van der Waals surface area contributed by atoms with Crippen LogP contribution in [-0.2, 0) is 4.74 Å². The number of benzene rings is 2. The van der Waals surface area contributed by atoms with Gasteiger partial charge < -0.3 is 9.30 Å². The molecular weight excluding hydrogens is 330 g/mol. The lowest BCUT2D eigenvalue weighted by atomic mass is 10.1. The van der Waals surface area contributed by atoms with Gasteiger partial charge in [-0.1, -0.05) is 12.1 Å². The van der Waals surface area contributed by atoms with Gasteiger partial charge in [-0.3, -0.25) is 4.79 Å². The Morgan fingerprint density at radius 2 is 1.58 bits per heavy atom. The second-order valence-electron chi connectivity index (χ2n) is 5.45. The van der Waals surface area contributed by atoms with E-state index in [-0.39, 0.29) is 5.91 Å². The van der Waals surface area contributed by atoms with Crippen molar-refractivity contribution in [2.75, 3.05) is 7.11 Å². The van der Waals surface area contributed by atoms with Crippen molar-refractivity contribution in [1.82, 2.24) is 9.99 Å².